The van der Waals surface area contributed by atoms with Crippen molar-refractivity contribution < 1.29 is 17.6 Å². The standard InChI is InChI=1S/C24H23ClN2O5S/c1-14-12-19-17(13-18(14)25)22(28)20-21(26(2)24(29)23(20)32-19)15-6-8-16(9-7-15)33(30,31)27-10-4-3-5-11-27/h6-9,12-13,21H,3-5,10-11H2,1-2H3. The number of carbonyl (C=O) groups is 1. The highest BCUT2D eigenvalue weighted by atomic mass is 35.5. The lowest BCUT2D eigenvalue weighted by Crippen LogP contribution is -2.35. The van der Waals surface area contributed by atoms with E-state index >= 15 is 0 Å². The van der Waals surface area contributed by atoms with Crippen LogP contribution >= 0.6 is 11.6 Å². The van der Waals surface area contributed by atoms with E-state index in [0.717, 1.165) is 24.8 Å². The maximum Gasteiger partial charge on any atom is 0.290 e. The van der Waals surface area contributed by atoms with Gasteiger partial charge in [-0.2, -0.15) is 4.31 Å². The average Bonchev–Trinajstić information content (AvgIpc) is 3.06. The van der Waals surface area contributed by atoms with Crippen LogP contribution in [0.5, 0.6) is 0 Å². The van der Waals surface area contributed by atoms with Gasteiger partial charge in [0.25, 0.3) is 5.91 Å². The summed E-state index contributed by atoms with van der Waals surface area (Å²) in [6.07, 6.45) is 2.75. The first-order valence-electron chi connectivity index (χ1n) is 10.8. The molecule has 172 valence electrons. The topological polar surface area (TPSA) is 87.9 Å². The Bertz CT molecular complexity index is 1440. The molecule has 1 unspecified atom stereocenters. The van der Waals surface area contributed by atoms with Crippen molar-refractivity contribution in [2.75, 3.05) is 20.1 Å². The highest BCUT2D eigenvalue weighted by molar-refractivity contribution is 7.89. The van der Waals surface area contributed by atoms with E-state index in [1.54, 1.807) is 50.4 Å². The minimum atomic E-state index is -3.58. The number of hydrogen-bond donors (Lipinski definition) is 0. The molecule has 0 radical (unpaired) electrons. The van der Waals surface area contributed by atoms with Crippen molar-refractivity contribution >= 4 is 38.5 Å². The lowest BCUT2D eigenvalue weighted by atomic mass is 9.98. The fraction of sp³-hybridized carbons (Fsp3) is 0.333. The third-order valence-corrected chi connectivity index (χ3v) is 8.85. The van der Waals surface area contributed by atoms with E-state index in [-0.39, 0.29) is 21.6 Å². The van der Waals surface area contributed by atoms with E-state index in [9.17, 15) is 18.0 Å². The van der Waals surface area contributed by atoms with Crippen molar-refractivity contribution in [3.8, 4) is 0 Å². The van der Waals surface area contributed by atoms with Crippen LogP contribution < -0.4 is 5.43 Å². The highest BCUT2D eigenvalue weighted by Gasteiger charge is 2.41. The maximum absolute atomic E-state index is 13.4. The molecule has 9 heteroatoms. The van der Waals surface area contributed by atoms with Gasteiger partial charge in [-0.1, -0.05) is 30.2 Å². The fourth-order valence-electron chi connectivity index (χ4n) is 4.68. The molecule has 1 atom stereocenters. The number of hydrogen-bond acceptors (Lipinski definition) is 5. The molecule has 0 aliphatic carbocycles. The zero-order valence-corrected chi connectivity index (χ0v) is 19.9. The summed E-state index contributed by atoms with van der Waals surface area (Å²) < 4.78 is 33.3. The fourth-order valence-corrected chi connectivity index (χ4v) is 6.36. The van der Waals surface area contributed by atoms with Crippen LogP contribution in [0.3, 0.4) is 0 Å². The highest BCUT2D eigenvalue weighted by Crippen LogP contribution is 2.38. The monoisotopic (exact) mass is 486 g/mol. The summed E-state index contributed by atoms with van der Waals surface area (Å²) in [6, 6.07) is 8.93. The lowest BCUT2D eigenvalue weighted by molar-refractivity contribution is 0.0771. The molecule has 3 aromatic rings. The van der Waals surface area contributed by atoms with Crippen LogP contribution in [0.1, 0.15) is 52.5 Å². The number of fused-ring (bicyclic) bond motifs is 2. The predicted octanol–water partition coefficient (Wildman–Crippen LogP) is 4.10. The molecule has 1 fully saturated rings. The number of aryl methyl sites for hydroxylation is 1. The molecule has 0 spiro atoms. The van der Waals surface area contributed by atoms with Crippen LogP contribution in [0, 0.1) is 6.92 Å². The number of sulfonamides is 1. The predicted molar refractivity (Wildman–Crippen MR) is 125 cm³/mol. The Morgan fingerprint density at radius 1 is 1.03 bits per heavy atom. The Balaban J connectivity index is 1.59. The third-order valence-electron chi connectivity index (χ3n) is 6.53. The SMILES string of the molecule is Cc1cc2oc3c(c(=O)c2cc1Cl)C(c1ccc(S(=O)(=O)N2CCCCC2)cc1)N(C)C3=O. The minimum absolute atomic E-state index is 0.00624. The van der Waals surface area contributed by atoms with Crippen LogP contribution in [-0.4, -0.2) is 43.7 Å². The average molecular weight is 487 g/mol. The van der Waals surface area contributed by atoms with Gasteiger partial charge in [0.1, 0.15) is 5.58 Å². The van der Waals surface area contributed by atoms with Gasteiger partial charge < -0.3 is 9.32 Å². The van der Waals surface area contributed by atoms with Gasteiger partial charge in [-0.3, -0.25) is 9.59 Å². The molecule has 5 rings (SSSR count). The van der Waals surface area contributed by atoms with E-state index in [2.05, 4.69) is 0 Å². The molecular formula is C24H23ClN2O5S. The zero-order valence-electron chi connectivity index (χ0n) is 18.3. The molecule has 3 heterocycles. The molecule has 0 N–H and O–H groups in total. The molecule has 7 nitrogen and oxygen atoms in total. The third kappa shape index (κ3) is 3.48. The van der Waals surface area contributed by atoms with Gasteiger partial charge in [0.15, 0.2) is 5.43 Å². The molecule has 2 aliphatic heterocycles. The smallest absolute Gasteiger partial charge is 0.290 e. The molecule has 33 heavy (non-hydrogen) atoms. The number of benzene rings is 2. The Morgan fingerprint density at radius 2 is 1.70 bits per heavy atom. The summed E-state index contributed by atoms with van der Waals surface area (Å²) >= 11 is 6.23. The number of carbonyl (C=O) groups excluding carboxylic acids is 1. The van der Waals surface area contributed by atoms with Crippen LogP contribution in [0.2, 0.25) is 5.02 Å². The number of nitrogens with zero attached hydrogens (tertiary/aromatic N) is 2. The van der Waals surface area contributed by atoms with Crippen molar-refractivity contribution in [3.63, 3.8) is 0 Å². The van der Waals surface area contributed by atoms with Crippen molar-refractivity contribution in [2.45, 2.75) is 37.1 Å². The molecule has 2 aliphatic rings. The second kappa shape index (κ2) is 7.97. The van der Waals surface area contributed by atoms with Crippen molar-refractivity contribution in [3.05, 3.63) is 74.1 Å². The Kier molecular flexibility index (Phi) is 5.34. The molecule has 2 aromatic carbocycles. The molecule has 0 saturated carbocycles. The second-order valence-corrected chi connectivity index (χ2v) is 11.0. The van der Waals surface area contributed by atoms with Gasteiger partial charge in [0.2, 0.25) is 15.8 Å². The molecule has 1 saturated heterocycles. The second-order valence-electron chi connectivity index (χ2n) is 8.62. The van der Waals surface area contributed by atoms with E-state index < -0.39 is 22.0 Å². The van der Waals surface area contributed by atoms with Gasteiger partial charge in [-0.25, -0.2) is 8.42 Å². The molecule has 1 amide bonds. The van der Waals surface area contributed by atoms with Crippen LogP contribution in [0.4, 0.5) is 0 Å². The van der Waals surface area contributed by atoms with Crippen molar-refractivity contribution in [1.29, 1.82) is 0 Å². The maximum atomic E-state index is 13.4. The van der Waals surface area contributed by atoms with Crippen LogP contribution in [-0.2, 0) is 10.0 Å². The van der Waals surface area contributed by atoms with Gasteiger partial charge >= 0.3 is 0 Å². The van der Waals surface area contributed by atoms with Crippen LogP contribution in [0.25, 0.3) is 11.0 Å². The van der Waals surface area contributed by atoms with Crippen molar-refractivity contribution in [2.24, 2.45) is 0 Å². The van der Waals surface area contributed by atoms with Crippen LogP contribution in [0.15, 0.2) is 50.5 Å². The van der Waals surface area contributed by atoms with Gasteiger partial charge in [-0.05, 0) is 55.2 Å². The summed E-state index contributed by atoms with van der Waals surface area (Å²) in [5.41, 5.74) is 1.61. The Morgan fingerprint density at radius 3 is 2.36 bits per heavy atom. The summed E-state index contributed by atoms with van der Waals surface area (Å²) in [5.74, 6) is -0.390. The van der Waals surface area contributed by atoms with Gasteiger partial charge in [0, 0.05) is 25.2 Å². The zero-order chi connectivity index (χ0) is 23.5. The van der Waals surface area contributed by atoms with E-state index in [1.165, 1.54) is 9.21 Å². The lowest BCUT2D eigenvalue weighted by Gasteiger charge is -2.26. The molecular weight excluding hydrogens is 464 g/mol. The van der Waals surface area contributed by atoms with E-state index in [4.69, 9.17) is 16.0 Å². The minimum Gasteiger partial charge on any atom is -0.450 e. The molecule has 1 aromatic heterocycles. The van der Waals surface area contributed by atoms with Gasteiger partial charge in [-0.15, -0.1) is 0 Å². The summed E-state index contributed by atoms with van der Waals surface area (Å²) in [6.45, 7) is 2.84. The molecule has 0 bridgehead atoms. The summed E-state index contributed by atoms with van der Waals surface area (Å²) in [5, 5.41) is 0.748. The first-order chi connectivity index (χ1) is 15.7. The van der Waals surface area contributed by atoms with E-state index in [1.807, 2.05) is 0 Å². The normalized spacial score (nSPS) is 19.3. The quantitative estimate of drug-likeness (QED) is 0.556. The van der Waals surface area contributed by atoms with Crippen molar-refractivity contribution in [1.82, 2.24) is 9.21 Å². The summed E-state index contributed by atoms with van der Waals surface area (Å²) in [4.78, 5) is 28.0. The Hall–Kier alpha value is -2.68. The number of piperidine rings is 1. The van der Waals surface area contributed by atoms with Gasteiger partial charge in [0.05, 0.1) is 21.9 Å². The summed E-state index contributed by atoms with van der Waals surface area (Å²) in [7, 11) is -1.97. The number of rotatable bonds is 3. The first kappa shape index (κ1) is 22.1. The first-order valence-corrected chi connectivity index (χ1v) is 12.7. The van der Waals surface area contributed by atoms with E-state index in [0.29, 0.717) is 34.6 Å². The Labute approximate surface area is 196 Å². The largest absolute Gasteiger partial charge is 0.450 e. The number of halogens is 1. The number of amides is 1.